The van der Waals surface area contributed by atoms with Crippen molar-refractivity contribution in [2.75, 3.05) is 26.3 Å². The molecule has 1 fully saturated rings. The standard InChI is InChI=1S/C24H28FN3O2/c25-21-8-9-23(28-14-5-12-26-28)20(16-21)17-27-13-4-10-24(18-27,19-29)11-15-30-22-6-2-1-3-7-22/h1-3,5-9,12,14,16,29H,4,10-11,13,15,17-19H2. The van der Waals surface area contributed by atoms with Crippen molar-refractivity contribution in [2.45, 2.75) is 25.8 Å². The molecule has 0 saturated carbocycles. The maximum Gasteiger partial charge on any atom is 0.123 e. The Morgan fingerprint density at radius 2 is 2.00 bits per heavy atom. The number of aliphatic hydroxyl groups excluding tert-OH is 1. The molecule has 1 aliphatic rings. The Kier molecular flexibility index (Phi) is 6.45. The third-order valence-corrected chi connectivity index (χ3v) is 5.91. The van der Waals surface area contributed by atoms with Crippen LogP contribution in [0.1, 0.15) is 24.8 Å². The maximum atomic E-state index is 14.0. The minimum Gasteiger partial charge on any atom is -0.494 e. The summed E-state index contributed by atoms with van der Waals surface area (Å²) in [6.07, 6.45) is 6.33. The summed E-state index contributed by atoms with van der Waals surface area (Å²) in [5.74, 6) is 0.601. The van der Waals surface area contributed by atoms with Crippen molar-refractivity contribution in [2.24, 2.45) is 5.41 Å². The molecule has 1 saturated heterocycles. The number of hydrogen-bond donors (Lipinski definition) is 1. The van der Waals surface area contributed by atoms with Gasteiger partial charge in [0, 0.05) is 30.9 Å². The molecule has 1 aliphatic heterocycles. The molecule has 0 radical (unpaired) electrons. The second kappa shape index (κ2) is 9.41. The van der Waals surface area contributed by atoms with Crippen molar-refractivity contribution >= 4 is 0 Å². The van der Waals surface area contributed by atoms with E-state index >= 15 is 0 Å². The summed E-state index contributed by atoms with van der Waals surface area (Å²) in [7, 11) is 0. The van der Waals surface area contributed by atoms with Crippen molar-refractivity contribution < 1.29 is 14.2 Å². The van der Waals surface area contributed by atoms with Crippen LogP contribution in [0, 0.1) is 11.2 Å². The van der Waals surface area contributed by atoms with Gasteiger partial charge in [-0.1, -0.05) is 18.2 Å². The fourth-order valence-corrected chi connectivity index (χ4v) is 4.32. The van der Waals surface area contributed by atoms with Crippen LogP contribution in [-0.2, 0) is 6.54 Å². The van der Waals surface area contributed by atoms with Crippen LogP contribution in [0.4, 0.5) is 4.39 Å². The molecule has 1 unspecified atom stereocenters. The average molecular weight is 410 g/mol. The first kappa shape index (κ1) is 20.6. The van der Waals surface area contributed by atoms with Gasteiger partial charge >= 0.3 is 0 Å². The van der Waals surface area contributed by atoms with Gasteiger partial charge in [-0.3, -0.25) is 4.90 Å². The number of para-hydroxylation sites is 1. The lowest BCUT2D eigenvalue weighted by Gasteiger charge is -2.42. The van der Waals surface area contributed by atoms with Crippen LogP contribution >= 0.6 is 0 Å². The van der Waals surface area contributed by atoms with Gasteiger partial charge in [0.05, 0.1) is 18.9 Å². The zero-order chi connectivity index (χ0) is 20.8. The summed E-state index contributed by atoms with van der Waals surface area (Å²) in [5, 5.41) is 14.5. The highest BCUT2D eigenvalue weighted by atomic mass is 19.1. The molecular formula is C24H28FN3O2. The fraction of sp³-hybridized carbons (Fsp3) is 0.375. The predicted molar refractivity (Wildman–Crippen MR) is 114 cm³/mol. The number of aliphatic hydroxyl groups is 1. The third-order valence-electron chi connectivity index (χ3n) is 5.91. The molecule has 0 amide bonds. The van der Waals surface area contributed by atoms with Crippen LogP contribution in [0.3, 0.4) is 0 Å². The van der Waals surface area contributed by atoms with Crippen molar-refractivity contribution in [3.8, 4) is 11.4 Å². The van der Waals surface area contributed by atoms with Crippen LogP contribution in [0.2, 0.25) is 0 Å². The Labute approximate surface area is 176 Å². The number of rotatable bonds is 8. The van der Waals surface area contributed by atoms with E-state index in [4.69, 9.17) is 4.74 Å². The van der Waals surface area contributed by atoms with Gasteiger partial charge in [0.1, 0.15) is 11.6 Å². The summed E-state index contributed by atoms with van der Waals surface area (Å²) in [4.78, 5) is 2.31. The van der Waals surface area contributed by atoms with E-state index in [1.807, 2.05) is 42.6 Å². The van der Waals surface area contributed by atoms with E-state index in [-0.39, 0.29) is 17.8 Å². The molecule has 30 heavy (non-hydrogen) atoms. The first-order valence-corrected chi connectivity index (χ1v) is 10.5. The Morgan fingerprint density at radius 3 is 2.77 bits per heavy atom. The molecule has 1 aromatic heterocycles. The number of benzene rings is 2. The van der Waals surface area contributed by atoms with Crippen molar-refractivity contribution in [3.63, 3.8) is 0 Å². The summed E-state index contributed by atoms with van der Waals surface area (Å²) in [6, 6.07) is 16.4. The lowest BCUT2D eigenvalue weighted by atomic mass is 9.78. The zero-order valence-corrected chi connectivity index (χ0v) is 17.1. The lowest BCUT2D eigenvalue weighted by molar-refractivity contribution is 0.0128. The van der Waals surface area contributed by atoms with E-state index in [0.717, 1.165) is 49.4 Å². The highest BCUT2D eigenvalue weighted by Gasteiger charge is 2.35. The van der Waals surface area contributed by atoms with Gasteiger partial charge in [-0.25, -0.2) is 9.07 Å². The maximum absolute atomic E-state index is 14.0. The van der Waals surface area contributed by atoms with Gasteiger partial charge in [0.2, 0.25) is 0 Å². The molecule has 2 heterocycles. The second-order valence-corrected chi connectivity index (χ2v) is 8.11. The molecular weight excluding hydrogens is 381 g/mol. The monoisotopic (exact) mass is 409 g/mol. The highest BCUT2D eigenvalue weighted by Crippen LogP contribution is 2.34. The van der Waals surface area contributed by atoms with Gasteiger partial charge in [-0.15, -0.1) is 0 Å². The number of piperidine rings is 1. The predicted octanol–water partition coefficient (Wildman–Crippen LogP) is 4.06. The van der Waals surface area contributed by atoms with E-state index in [1.54, 1.807) is 23.0 Å². The summed E-state index contributed by atoms with van der Waals surface area (Å²) >= 11 is 0. The number of halogens is 1. The Hall–Kier alpha value is -2.70. The van der Waals surface area contributed by atoms with E-state index in [1.165, 1.54) is 6.07 Å². The first-order chi connectivity index (χ1) is 14.7. The molecule has 0 aliphatic carbocycles. The van der Waals surface area contributed by atoms with Gasteiger partial charge in [-0.05, 0) is 67.8 Å². The SMILES string of the molecule is OCC1(CCOc2ccccc2)CCCN(Cc2cc(F)ccc2-n2cccn2)C1. The number of nitrogens with zero attached hydrogens (tertiary/aromatic N) is 3. The summed E-state index contributed by atoms with van der Waals surface area (Å²) < 4.78 is 21.6. The summed E-state index contributed by atoms with van der Waals surface area (Å²) in [6.45, 7) is 3.00. The van der Waals surface area contributed by atoms with Crippen LogP contribution in [0.15, 0.2) is 67.0 Å². The quantitative estimate of drug-likeness (QED) is 0.610. The van der Waals surface area contributed by atoms with E-state index in [9.17, 15) is 9.50 Å². The van der Waals surface area contributed by atoms with E-state index in [0.29, 0.717) is 13.2 Å². The zero-order valence-electron chi connectivity index (χ0n) is 17.1. The third kappa shape index (κ3) is 4.89. The minimum atomic E-state index is -0.248. The smallest absolute Gasteiger partial charge is 0.123 e. The molecule has 2 aromatic carbocycles. The topological polar surface area (TPSA) is 50.5 Å². The Morgan fingerprint density at radius 1 is 1.13 bits per heavy atom. The fourth-order valence-electron chi connectivity index (χ4n) is 4.32. The van der Waals surface area contributed by atoms with Crippen LogP contribution < -0.4 is 4.74 Å². The van der Waals surface area contributed by atoms with Gasteiger partial charge in [0.15, 0.2) is 0 Å². The highest BCUT2D eigenvalue weighted by molar-refractivity contribution is 5.40. The lowest BCUT2D eigenvalue weighted by Crippen LogP contribution is -2.45. The van der Waals surface area contributed by atoms with Crippen LogP contribution in [-0.4, -0.2) is 46.1 Å². The average Bonchev–Trinajstić information content (AvgIpc) is 3.29. The molecule has 5 nitrogen and oxygen atoms in total. The Bertz CT molecular complexity index is 933. The van der Waals surface area contributed by atoms with Crippen molar-refractivity contribution in [3.05, 3.63) is 78.4 Å². The van der Waals surface area contributed by atoms with E-state index in [2.05, 4.69) is 10.00 Å². The largest absolute Gasteiger partial charge is 0.494 e. The van der Waals surface area contributed by atoms with Gasteiger partial charge in [0.25, 0.3) is 0 Å². The van der Waals surface area contributed by atoms with Crippen LogP contribution in [0.25, 0.3) is 5.69 Å². The van der Waals surface area contributed by atoms with Crippen molar-refractivity contribution in [1.29, 1.82) is 0 Å². The number of hydrogen-bond acceptors (Lipinski definition) is 4. The number of aromatic nitrogens is 2. The van der Waals surface area contributed by atoms with Crippen LogP contribution in [0.5, 0.6) is 5.75 Å². The van der Waals surface area contributed by atoms with Gasteiger partial charge < -0.3 is 9.84 Å². The van der Waals surface area contributed by atoms with Gasteiger partial charge in [-0.2, -0.15) is 5.10 Å². The molecule has 0 bridgehead atoms. The normalized spacial score (nSPS) is 19.7. The first-order valence-electron chi connectivity index (χ1n) is 10.5. The molecule has 4 rings (SSSR count). The molecule has 1 atom stereocenters. The Balaban J connectivity index is 1.44. The minimum absolute atomic E-state index is 0.122. The number of ether oxygens (including phenoxy) is 1. The molecule has 158 valence electrons. The summed E-state index contributed by atoms with van der Waals surface area (Å²) in [5.41, 5.74) is 1.58. The second-order valence-electron chi connectivity index (χ2n) is 8.11. The molecule has 3 aromatic rings. The molecule has 6 heteroatoms. The van der Waals surface area contributed by atoms with E-state index < -0.39 is 0 Å². The number of likely N-dealkylation sites (tertiary alicyclic amines) is 1. The molecule has 0 spiro atoms. The van der Waals surface area contributed by atoms with Crippen molar-refractivity contribution in [1.82, 2.24) is 14.7 Å². The molecule has 1 N–H and O–H groups in total.